The Labute approximate surface area is 117 Å². The molecule has 1 unspecified atom stereocenters. The molecule has 2 N–H and O–H groups in total. The second-order valence-corrected chi connectivity index (χ2v) is 5.05. The molecule has 0 amide bonds. The Kier molecular flexibility index (Phi) is 6.16. The standard InChI is InChI=1S/C12H14Br2O3/c13-5-1-2-8-3-4-9(6-10(8)7-14)11(15)12(16)17/h3-4,6,11,15H,1-2,5,7H2,(H,16,17). The van der Waals surface area contributed by atoms with E-state index in [1.54, 1.807) is 12.1 Å². The number of carbonyl (C=O) groups is 1. The van der Waals surface area contributed by atoms with Crippen LogP contribution in [0.2, 0.25) is 0 Å². The normalized spacial score (nSPS) is 12.4. The molecule has 0 bridgehead atoms. The average Bonchev–Trinajstić information content (AvgIpc) is 2.35. The number of carboxylic acid groups (broad SMARTS) is 1. The van der Waals surface area contributed by atoms with Gasteiger partial charge in [-0.25, -0.2) is 4.79 Å². The number of aliphatic carboxylic acids is 1. The number of aliphatic hydroxyl groups is 1. The van der Waals surface area contributed by atoms with E-state index in [2.05, 4.69) is 31.9 Å². The fraction of sp³-hybridized carbons (Fsp3) is 0.417. The van der Waals surface area contributed by atoms with Gasteiger partial charge in [-0.1, -0.05) is 50.1 Å². The first kappa shape index (κ1) is 14.7. The van der Waals surface area contributed by atoms with Gasteiger partial charge in [-0.2, -0.15) is 0 Å². The second-order valence-electron chi connectivity index (χ2n) is 3.70. The van der Waals surface area contributed by atoms with Crippen molar-refractivity contribution in [3.05, 3.63) is 34.9 Å². The first-order valence-electron chi connectivity index (χ1n) is 5.24. The van der Waals surface area contributed by atoms with Crippen molar-refractivity contribution in [2.75, 3.05) is 5.33 Å². The van der Waals surface area contributed by atoms with Gasteiger partial charge in [0, 0.05) is 10.7 Å². The lowest BCUT2D eigenvalue weighted by molar-refractivity contribution is -0.146. The predicted octanol–water partition coefficient (Wildman–Crippen LogP) is 3.03. The number of aliphatic hydroxyl groups excluding tert-OH is 1. The highest BCUT2D eigenvalue weighted by Gasteiger charge is 2.16. The summed E-state index contributed by atoms with van der Waals surface area (Å²) in [6, 6.07) is 5.31. The minimum Gasteiger partial charge on any atom is -0.479 e. The van der Waals surface area contributed by atoms with Crippen LogP contribution in [0.3, 0.4) is 0 Å². The van der Waals surface area contributed by atoms with E-state index in [1.165, 1.54) is 5.56 Å². The lowest BCUT2D eigenvalue weighted by atomic mass is 9.99. The maximum atomic E-state index is 10.7. The number of alkyl halides is 2. The molecule has 0 aliphatic heterocycles. The smallest absolute Gasteiger partial charge is 0.337 e. The zero-order valence-corrected chi connectivity index (χ0v) is 12.4. The van der Waals surface area contributed by atoms with Crippen molar-refractivity contribution in [2.45, 2.75) is 24.3 Å². The molecular formula is C12H14Br2O3. The quantitative estimate of drug-likeness (QED) is 0.762. The third kappa shape index (κ3) is 4.08. The summed E-state index contributed by atoms with van der Waals surface area (Å²) in [5.74, 6) is -1.22. The molecule has 1 aromatic carbocycles. The topological polar surface area (TPSA) is 57.5 Å². The summed E-state index contributed by atoms with van der Waals surface area (Å²) in [7, 11) is 0. The first-order chi connectivity index (χ1) is 8.10. The van der Waals surface area contributed by atoms with Crippen LogP contribution in [0.5, 0.6) is 0 Å². The van der Waals surface area contributed by atoms with Crippen LogP contribution in [0.25, 0.3) is 0 Å². The van der Waals surface area contributed by atoms with E-state index in [0.29, 0.717) is 10.9 Å². The molecule has 1 atom stereocenters. The number of benzene rings is 1. The van der Waals surface area contributed by atoms with Gasteiger partial charge in [0.15, 0.2) is 6.10 Å². The summed E-state index contributed by atoms with van der Waals surface area (Å²) in [4.78, 5) is 10.7. The summed E-state index contributed by atoms with van der Waals surface area (Å²) in [5.41, 5.74) is 2.64. The fourth-order valence-corrected chi connectivity index (χ4v) is 2.39. The van der Waals surface area contributed by atoms with Crippen LogP contribution in [-0.2, 0) is 16.5 Å². The minimum atomic E-state index is -1.45. The number of hydrogen-bond acceptors (Lipinski definition) is 2. The van der Waals surface area contributed by atoms with E-state index >= 15 is 0 Å². The van der Waals surface area contributed by atoms with E-state index in [1.807, 2.05) is 6.07 Å². The zero-order valence-electron chi connectivity index (χ0n) is 9.20. The van der Waals surface area contributed by atoms with Crippen molar-refractivity contribution in [2.24, 2.45) is 0 Å². The Hall–Kier alpha value is -0.390. The molecule has 0 aliphatic carbocycles. The number of hydrogen-bond donors (Lipinski definition) is 2. The van der Waals surface area contributed by atoms with Gasteiger partial charge in [0.1, 0.15) is 0 Å². The fourth-order valence-electron chi connectivity index (χ4n) is 1.58. The van der Waals surface area contributed by atoms with Gasteiger partial charge >= 0.3 is 5.97 Å². The molecule has 0 spiro atoms. The monoisotopic (exact) mass is 364 g/mol. The Morgan fingerprint density at radius 3 is 2.53 bits per heavy atom. The Bertz CT molecular complexity index is 393. The Balaban J connectivity index is 2.95. The van der Waals surface area contributed by atoms with Crippen LogP contribution >= 0.6 is 31.9 Å². The summed E-state index contributed by atoms with van der Waals surface area (Å²) >= 11 is 6.76. The first-order valence-corrected chi connectivity index (χ1v) is 7.49. The highest BCUT2D eigenvalue weighted by Crippen LogP contribution is 2.21. The lowest BCUT2D eigenvalue weighted by Gasteiger charge is -2.11. The maximum absolute atomic E-state index is 10.7. The largest absolute Gasteiger partial charge is 0.479 e. The average molecular weight is 366 g/mol. The highest BCUT2D eigenvalue weighted by atomic mass is 79.9. The van der Waals surface area contributed by atoms with Crippen molar-refractivity contribution in [1.82, 2.24) is 0 Å². The number of rotatable bonds is 6. The van der Waals surface area contributed by atoms with E-state index in [4.69, 9.17) is 5.11 Å². The highest BCUT2D eigenvalue weighted by molar-refractivity contribution is 9.09. The van der Waals surface area contributed by atoms with E-state index in [-0.39, 0.29) is 0 Å². The van der Waals surface area contributed by atoms with Gasteiger partial charge in [-0.3, -0.25) is 0 Å². The maximum Gasteiger partial charge on any atom is 0.337 e. The van der Waals surface area contributed by atoms with Crippen LogP contribution in [-0.4, -0.2) is 21.5 Å². The predicted molar refractivity (Wildman–Crippen MR) is 73.8 cm³/mol. The molecule has 0 saturated carbocycles. The van der Waals surface area contributed by atoms with Crippen molar-refractivity contribution >= 4 is 37.8 Å². The van der Waals surface area contributed by atoms with Gasteiger partial charge in [-0.05, 0) is 29.5 Å². The summed E-state index contributed by atoms with van der Waals surface area (Å²) < 4.78 is 0. The van der Waals surface area contributed by atoms with Crippen LogP contribution in [0.15, 0.2) is 18.2 Å². The van der Waals surface area contributed by atoms with Crippen LogP contribution in [0.4, 0.5) is 0 Å². The van der Waals surface area contributed by atoms with Crippen molar-refractivity contribution in [3.63, 3.8) is 0 Å². The molecule has 94 valence electrons. The number of aryl methyl sites for hydroxylation is 1. The molecular weight excluding hydrogens is 352 g/mol. The number of halogens is 2. The van der Waals surface area contributed by atoms with Gasteiger partial charge in [0.25, 0.3) is 0 Å². The third-order valence-electron chi connectivity index (χ3n) is 2.50. The molecule has 0 fully saturated rings. The minimum absolute atomic E-state index is 0.426. The lowest BCUT2D eigenvalue weighted by Crippen LogP contribution is -2.11. The summed E-state index contributed by atoms with van der Waals surface area (Å²) in [6.45, 7) is 0. The SMILES string of the molecule is O=C(O)C(O)c1ccc(CCCBr)c(CBr)c1. The second kappa shape index (κ2) is 7.13. The molecule has 0 aromatic heterocycles. The van der Waals surface area contributed by atoms with Gasteiger partial charge in [0.2, 0.25) is 0 Å². The van der Waals surface area contributed by atoms with Gasteiger partial charge in [0.05, 0.1) is 0 Å². The van der Waals surface area contributed by atoms with Gasteiger partial charge < -0.3 is 10.2 Å². The molecule has 1 aromatic rings. The molecule has 3 nitrogen and oxygen atoms in total. The van der Waals surface area contributed by atoms with Crippen LogP contribution < -0.4 is 0 Å². The van der Waals surface area contributed by atoms with E-state index in [0.717, 1.165) is 23.7 Å². The van der Waals surface area contributed by atoms with Gasteiger partial charge in [-0.15, -0.1) is 0 Å². The van der Waals surface area contributed by atoms with E-state index < -0.39 is 12.1 Å². The molecule has 0 heterocycles. The van der Waals surface area contributed by atoms with Crippen molar-refractivity contribution < 1.29 is 15.0 Å². The molecule has 17 heavy (non-hydrogen) atoms. The third-order valence-corrected chi connectivity index (χ3v) is 3.67. The summed E-state index contributed by atoms with van der Waals surface area (Å²) in [5, 5.41) is 19.8. The molecule has 5 heteroatoms. The molecule has 0 saturated heterocycles. The Morgan fingerprint density at radius 2 is 2.00 bits per heavy atom. The Morgan fingerprint density at radius 1 is 1.29 bits per heavy atom. The van der Waals surface area contributed by atoms with E-state index in [9.17, 15) is 9.90 Å². The van der Waals surface area contributed by atoms with Crippen molar-refractivity contribution in [3.8, 4) is 0 Å². The number of carboxylic acids is 1. The molecule has 0 aliphatic rings. The van der Waals surface area contributed by atoms with Crippen LogP contribution in [0.1, 0.15) is 29.2 Å². The van der Waals surface area contributed by atoms with Crippen LogP contribution in [0, 0.1) is 0 Å². The zero-order chi connectivity index (χ0) is 12.8. The van der Waals surface area contributed by atoms with Crippen molar-refractivity contribution in [1.29, 1.82) is 0 Å². The molecule has 0 radical (unpaired) electrons. The molecule has 1 rings (SSSR count). The summed E-state index contributed by atoms with van der Waals surface area (Å²) in [6.07, 6.45) is 0.522.